The third-order valence-corrected chi connectivity index (χ3v) is 10.1. The van der Waals surface area contributed by atoms with E-state index in [4.69, 9.17) is 0 Å². The monoisotopic (exact) mass is 395 g/mol. The molecule has 29 heavy (non-hydrogen) atoms. The Bertz CT molecular complexity index is 778. The van der Waals surface area contributed by atoms with E-state index < -0.39 is 0 Å². The number of para-hydroxylation sites is 1. The van der Waals surface area contributed by atoms with Crippen molar-refractivity contribution in [1.82, 2.24) is 0 Å². The van der Waals surface area contributed by atoms with Gasteiger partial charge in [0.25, 0.3) is 0 Å². The van der Waals surface area contributed by atoms with E-state index in [0.29, 0.717) is 29.5 Å². The van der Waals surface area contributed by atoms with Crippen molar-refractivity contribution in [1.29, 1.82) is 0 Å². The molecule has 3 nitrogen and oxygen atoms in total. The summed E-state index contributed by atoms with van der Waals surface area (Å²) in [6.07, 6.45) is 8.47. The number of nitrogens with zero attached hydrogens (tertiary/aromatic N) is 1. The van der Waals surface area contributed by atoms with E-state index in [-0.39, 0.29) is 23.0 Å². The molecule has 0 amide bonds. The van der Waals surface area contributed by atoms with Crippen molar-refractivity contribution in [3.8, 4) is 0 Å². The lowest BCUT2D eigenvalue weighted by atomic mass is 9.44. The van der Waals surface area contributed by atoms with Crippen molar-refractivity contribution >= 4 is 11.5 Å². The molecule has 1 N–H and O–H groups in total. The summed E-state index contributed by atoms with van der Waals surface area (Å²) in [7, 11) is 2.15. The summed E-state index contributed by atoms with van der Waals surface area (Å²) in [5, 5.41) is 11.1. The van der Waals surface area contributed by atoms with Crippen LogP contribution in [0.25, 0.3) is 0 Å². The molecule has 8 atom stereocenters. The van der Waals surface area contributed by atoms with Gasteiger partial charge in [0.1, 0.15) is 5.78 Å². The molecule has 4 saturated carbocycles. The topological polar surface area (TPSA) is 40.5 Å². The van der Waals surface area contributed by atoms with Gasteiger partial charge in [0, 0.05) is 24.6 Å². The highest BCUT2D eigenvalue weighted by Gasteiger charge is 2.61. The summed E-state index contributed by atoms with van der Waals surface area (Å²) < 4.78 is 0. The van der Waals surface area contributed by atoms with Crippen molar-refractivity contribution in [3.05, 3.63) is 30.3 Å². The van der Waals surface area contributed by atoms with Gasteiger partial charge in [-0.3, -0.25) is 4.79 Å². The molecule has 5 rings (SSSR count). The lowest BCUT2D eigenvalue weighted by Gasteiger charge is -2.61. The van der Waals surface area contributed by atoms with Crippen LogP contribution in [0.4, 0.5) is 5.69 Å². The molecule has 158 valence electrons. The highest BCUT2D eigenvalue weighted by atomic mass is 16.3. The van der Waals surface area contributed by atoms with Crippen LogP contribution in [0.15, 0.2) is 30.3 Å². The Morgan fingerprint density at radius 2 is 1.79 bits per heavy atom. The normalized spacial score (nSPS) is 46.6. The highest BCUT2D eigenvalue weighted by molar-refractivity contribution is 5.87. The zero-order valence-electron chi connectivity index (χ0n) is 18.3. The van der Waals surface area contributed by atoms with E-state index in [9.17, 15) is 9.90 Å². The summed E-state index contributed by atoms with van der Waals surface area (Å²) in [6.45, 7) is 4.81. The lowest BCUT2D eigenvalue weighted by Crippen LogP contribution is -2.59. The SMILES string of the molecule is CN(c1ccccc1)[C@H]1C[C@@]2(C)[C@@H](CC[C@@H]3[C@@H]2CC[C@]2(C)C(=O)CC[C@@H]32)C[C@@H]1O. The Morgan fingerprint density at radius 1 is 1.03 bits per heavy atom. The van der Waals surface area contributed by atoms with Crippen LogP contribution in [-0.2, 0) is 4.79 Å². The van der Waals surface area contributed by atoms with E-state index >= 15 is 0 Å². The first-order valence-electron chi connectivity index (χ1n) is 11.8. The number of aliphatic hydroxyl groups is 1. The van der Waals surface area contributed by atoms with Crippen LogP contribution in [0.3, 0.4) is 0 Å². The number of aliphatic hydroxyl groups excluding tert-OH is 1. The molecule has 0 aromatic heterocycles. The van der Waals surface area contributed by atoms with Crippen molar-refractivity contribution in [3.63, 3.8) is 0 Å². The second kappa shape index (κ2) is 6.83. The van der Waals surface area contributed by atoms with Gasteiger partial charge in [-0.05, 0) is 86.2 Å². The predicted molar refractivity (Wildman–Crippen MR) is 117 cm³/mol. The number of benzene rings is 1. The van der Waals surface area contributed by atoms with E-state index in [1.54, 1.807) is 0 Å². The number of Topliss-reactive ketones (excluding diaryl/α,β-unsaturated/α-hetero) is 1. The average molecular weight is 396 g/mol. The second-order valence-electron chi connectivity index (χ2n) is 11.1. The summed E-state index contributed by atoms with van der Waals surface area (Å²) in [5.41, 5.74) is 1.44. The molecule has 1 aromatic carbocycles. The fourth-order valence-corrected chi connectivity index (χ4v) is 8.30. The van der Waals surface area contributed by atoms with Crippen LogP contribution in [0.5, 0.6) is 0 Å². The lowest BCUT2D eigenvalue weighted by molar-refractivity contribution is -0.144. The molecule has 4 fully saturated rings. The standard InChI is InChI=1S/C26H37NO2/c1-25-14-13-21-19(20(25)11-12-24(25)29)10-9-17-15-23(28)22(16-26(17,21)2)27(3)18-7-5-4-6-8-18/h4-8,17,19-23,28H,9-16H2,1-3H3/t17-,19-,20-,21-,22-,23-,25-,26-/m0/s1. The summed E-state index contributed by atoms with van der Waals surface area (Å²) in [6, 6.07) is 10.7. The van der Waals surface area contributed by atoms with Crippen LogP contribution in [0, 0.1) is 34.5 Å². The maximum Gasteiger partial charge on any atom is 0.139 e. The number of carbonyl (C=O) groups excluding carboxylic acids is 1. The van der Waals surface area contributed by atoms with Gasteiger partial charge in [-0.15, -0.1) is 0 Å². The zero-order valence-corrected chi connectivity index (χ0v) is 18.3. The minimum atomic E-state index is -0.253. The maximum atomic E-state index is 12.7. The molecular weight excluding hydrogens is 358 g/mol. The van der Waals surface area contributed by atoms with Gasteiger partial charge < -0.3 is 10.0 Å². The van der Waals surface area contributed by atoms with Crippen LogP contribution in [0.1, 0.15) is 65.2 Å². The number of anilines is 1. The molecule has 0 aliphatic heterocycles. The quantitative estimate of drug-likeness (QED) is 0.760. The molecule has 0 unspecified atom stereocenters. The molecular formula is C26H37NO2. The summed E-state index contributed by atoms with van der Waals surface area (Å²) in [4.78, 5) is 15.0. The van der Waals surface area contributed by atoms with Crippen LogP contribution in [-0.4, -0.2) is 30.1 Å². The Balaban J connectivity index is 1.43. The van der Waals surface area contributed by atoms with Gasteiger partial charge in [0.2, 0.25) is 0 Å². The van der Waals surface area contributed by atoms with Crippen LogP contribution in [0.2, 0.25) is 0 Å². The number of hydrogen-bond acceptors (Lipinski definition) is 3. The smallest absolute Gasteiger partial charge is 0.139 e. The summed E-state index contributed by atoms with van der Waals surface area (Å²) in [5.74, 6) is 3.18. The minimum absolute atomic E-state index is 0.0429. The minimum Gasteiger partial charge on any atom is -0.391 e. The maximum absolute atomic E-state index is 12.7. The van der Waals surface area contributed by atoms with E-state index in [2.05, 4.69) is 56.1 Å². The number of carbonyl (C=O) groups is 1. The molecule has 3 heteroatoms. The van der Waals surface area contributed by atoms with Crippen molar-refractivity contribution < 1.29 is 9.90 Å². The predicted octanol–water partition coefficient (Wildman–Crippen LogP) is 5.07. The first-order valence-corrected chi connectivity index (χ1v) is 11.8. The third-order valence-electron chi connectivity index (χ3n) is 10.1. The molecule has 4 aliphatic rings. The van der Waals surface area contributed by atoms with E-state index in [1.165, 1.54) is 24.9 Å². The first-order chi connectivity index (χ1) is 13.8. The Morgan fingerprint density at radius 3 is 2.55 bits per heavy atom. The highest BCUT2D eigenvalue weighted by Crippen LogP contribution is 2.65. The second-order valence-corrected chi connectivity index (χ2v) is 11.1. The van der Waals surface area contributed by atoms with Gasteiger partial charge in [0.05, 0.1) is 12.1 Å². The van der Waals surface area contributed by atoms with Crippen LogP contribution >= 0.6 is 0 Å². The van der Waals surface area contributed by atoms with Gasteiger partial charge >= 0.3 is 0 Å². The molecule has 0 saturated heterocycles. The van der Waals surface area contributed by atoms with Gasteiger partial charge in [-0.2, -0.15) is 0 Å². The molecule has 1 aromatic rings. The molecule has 0 bridgehead atoms. The van der Waals surface area contributed by atoms with Gasteiger partial charge in [-0.25, -0.2) is 0 Å². The van der Waals surface area contributed by atoms with E-state index in [1.807, 2.05) is 0 Å². The number of rotatable bonds is 2. The summed E-state index contributed by atoms with van der Waals surface area (Å²) >= 11 is 0. The molecule has 0 spiro atoms. The van der Waals surface area contributed by atoms with Crippen molar-refractivity contribution in [2.45, 2.75) is 77.4 Å². The Kier molecular flexibility index (Phi) is 4.62. The first kappa shape index (κ1) is 19.6. The Labute approximate surface area is 175 Å². The fourth-order valence-electron chi connectivity index (χ4n) is 8.30. The fraction of sp³-hybridized carbons (Fsp3) is 0.731. The average Bonchev–Trinajstić information content (AvgIpc) is 3.03. The largest absolute Gasteiger partial charge is 0.391 e. The van der Waals surface area contributed by atoms with Gasteiger partial charge in [0.15, 0.2) is 0 Å². The van der Waals surface area contributed by atoms with Crippen molar-refractivity contribution in [2.75, 3.05) is 11.9 Å². The number of fused-ring (bicyclic) bond motifs is 5. The van der Waals surface area contributed by atoms with Crippen molar-refractivity contribution in [2.24, 2.45) is 34.5 Å². The number of ketones is 1. The zero-order chi connectivity index (χ0) is 20.4. The molecule has 0 radical (unpaired) electrons. The van der Waals surface area contributed by atoms with Gasteiger partial charge in [-0.1, -0.05) is 32.0 Å². The number of hydrogen-bond donors (Lipinski definition) is 1. The number of likely N-dealkylation sites (N-methyl/N-ethyl adjacent to an activating group) is 1. The molecule has 4 aliphatic carbocycles. The van der Waals surface area contributed by atoms with E-state index in [0.717, 1.165) is 32.1 Å². The van der Waals surface area contributed by atoms with Crippen LogP contribution < -0.4 is 4.90 Å². The Hall–Kier alpha value is -1.35. The molecule has 0 heterocycles. The third kappa shape index (κ3) is 2.83.